The molecule has 0 radical (unpaired) electrons. The van der Waals surface area contributed by atoms with Crippen LogP contribution in [0.4, 0.5) is 4.79 Å². The summed E-state index contributed by atoms with van der Waals surface area (Å²) < 4.78 is 0.997. The molecule has 0 aliphatic heterocycles. The van der Waals surface area contributed by atoms with Gasteiger partial charge in [0.05, 0.1) is 0 Å². The van der Waals surface area contributed by atoms with Gasteiger partial charge in [-0.2, -0.15) is 0 Å². The van der Waals surface area contributed by atoms with E-state index >= 15 is 0 Å². The lowest BCUT2D eigenvalue weighted by Crippen LogP contribution is -2.30. The van der Waals surface area contributed by atoms with E-state index in [0.29, 0.717) is 19.5 Å². The molecule has 0 aromatic heterocycles. The van der Waals surface area contributed by atoms with E-state index < -0.39 is 6.03 Å². The van der Waals surface area contributed by atoms with Crippen molar-refractivity contribution in [3.8, 4) is 0 Å². The number of hydrogen-bond donors (Lipinski definition) is 3. The average Bonchev–Trinajstić information content (AvgIpc) is 2.35. The maximum absolute atomic E-state index is 11.6. The van der Waals surface area contributed by atoms with Gasteiger partial charge in [-0.15, -0.1) is 0 Å². The summed E-state index contributed by atoms with van der Waals surface area (Å²) >= 11 is 3.38. The summed E-state index contributed by atoms with van der Waals surface area (Å²) in [5.74, 6) is 0.0130. The lowest BCUT2D eigenvalue weighted by molar-refractivity contribution is -0.121. The molecule has 0 aliphatic carbocycles. The molecular weight excluding hydrogens is 310 g/mol. The van der Waals surface area contributed by atoms with Crippen molar-refractivity contribution >= 4 is 27.9 Å². The maximum atomic E-state index is 11.6. The highest BCUT2D eigenvalue weighted by Crippen LogP contribution is 2.11. The zero-order chi connectivity index (χ0) is 14.1. The second-order valence-electron chi connectivity index (χ2n) is 4.15. The van der Waals surface area contributed by atoms with Crippen molar-refractivity contribution in [2.45, 2.75) is 25.8 Å². The normalized spacial score (nSPS) is 9.95. The second-order valence-corrected chi connectivity index (χ2v) is 5.07. The lowest BCUT2D eigenvalue weighted by Gasteiger charge is -2.06. The number of unbranched alkanes of at least 4 members (excludes halogenated alkanes) is 1. The van der Waals surface area contributed by atoms with Gasteiger partial charge in [0.15, 0.2) is 0 Å². The highest BCUT2D eigenvalue weighted by Gasteiger charge is 2.01. The third-order valence-corrected chi connectivity index (χ3v) is 3.00. The molecule has 0 heterocycles. The second kappa shape index (κ2) is 8.53. The van der Waals surface area contributed by atoms with Gasteiger partial charge in [-0.3, -0.25) is 4.79 Å². The van der Waals surface area contributed by atoms with Crippen LogP contribution in [0, 0.1) is 0 Å². The summed E-state index contributed by atoms with van der Waals surface area (Å²) in [4.78, 5) is 22.0. The van der Waals surface area contributed by atoms with E-state index in [1.54, 1.807) is 0 Å². The van der Waals surface area contributed by atoms with Gasteiger partial charge in [-0.1, -0.05) is 28.1 Å². The van der Waals surface area contributed by atoms with Crippen LogP contribution in [0.3, 0.4) is 0 Å². The average molecular weight is 328 g/mol. The number of hydrogen-bond acceptors (Lipinski definition) is 2. The van der Waals surface area contributed by atoms with Gasteiger partial charge in [-0.05, 0) is 30.5 Å². The molecule has 0 unspecified atom stereocenters. The fourth-order valence-electron chi connectivity index (χ4n) is 1.56. The van der Waals surface area contributed by atoms with Crippen LogP contribution >= 0.6 is 15.9 Å². The molecule has 4 N–H and O–H groups in total. The first-order chi connectivity index (χ1) is 9.08. The van der Waals surface area contributed by atoms with Crippen LogP contribution < -0.4 is 16.4 Å². The number of carbonyl (C=O) groups excluding carboxylic acids is 2. The van der Waals surface area contributed by atoms with Crippen LogP contribution in [0.25, 0.3) is 0 Å². The Bertz CT molecular complexity index is 438. The number of benzene rings is 1. The van der Waals surface area contributed by atoms with Gasteiger partial charge < -0.3 is 16.4 Å². The number of halogens is 1. The van der Waals surface area contributed by atoms with Gasteiger partial charge >= 0.3 is 6.03 Å². The largest absolute Gasteiger partial charge is 0.352 e. The minimum Gasteiger partial charge on any atom is -0.352 e. The molecule has 6 heteroatoms. The number of urea groups is 1. The Morgan fingerprint density at radius 3 is 2.68 bits per heavy atom. The van der Waals surface area contributed by atoms with Gasteiger partial charge in [0.25, 0.3) is 0 Å². The zero-order valence-corrected chi connectivity index (χ0v) is 12.2. The quantitative estimate of drug-likeness (QED) is 0.668. The van der Waals surface area contributed by atoms with E-state index in [4.69, 9.17) is 5.73 Å². The molecule has 0 saturated heterocycles. The maximum Gasteiger partial charge on any atom is 0.312 e. The molecule has 1 aromatic carbocycles. The van der Waals surface area contributed by atoms with Crippen LogP contribution in [0.15, 0.2) is 28.7 Å². The fourth-order valence-corrected chi connectivity index (χ4v) is 2.00. The first-order valence-corrected chi connectivity index (χ1v) is 6.91. The Morgan fingerprint density at radius 1 is 1.21 bits per heavy atom. The summed E-state index contributed by atoms with van der Waals surface area (Å²) in [7, 11) is 0. The van der Waals surface area contributed by atoms with E-state index in [1.165, 1.54) is 0 Å². The van der Waals surface area contributed by atoms with Gasteiger partial charge in [-0.25, -0.2) is 4.79 Å². The zero-order valence-electron chi connectivity index (χ0n) is 10.6. The first-order valence-electron chi connectivity index (χ1n) is 6.12. The summed E-state index contributed by atoms with van der Waals surface area (Å²) in [5.41, 5.74) is 5.98. The monoisotopic (exact) mass is 327 g/mol. The van der Waals surface area contributed by atoms with Gasteiger partial charge in [0, 0.05) is 24.0 Å². The SMILES string of the molecule is NC(=O)NCCCCC(=O)NCc1cccc(Br)c1. The molecule has 0 atom stereocenters. The molecule has 1 aromatic rings. The Balaban J connectivity index is 2.13. The summed E-state index contributed by atoms with van der Waals surface area (Å²) in [6.45, 7) is 1.03. The molecule has 0 saturated carbocycles. The van der Waals surface area contributed by atoms with E-state index in [-0.39, 0.29) is 5.91 Å². The predicted octanol–water partition coefficient (Wildman–Crippen LogP) is 1.90. The smallest absolute Gasteiger partial charge is 0.312 e. The van der Waals surface area contributed by atoms with Crippen LogP contribution in [-0.4, -0.2) is 18.5 Å². The minimum absolute atomic E-state index is 0.0130. The summed E-state index contributed by atoms with van der Waals surface area (Å²) in [6, 6.07) is 7.27. The van der Waals surface area contributed by atoms with Crippen molar-refractivity contribution in [1.29, 1.82) is 0 Å². The highest BCUT2D eigenvalue weighted by molar-refractivity contribution is 9.10. The summed E-state index contributed by atoms with van der Waals surface area (Å²) in [5, 5.41) is 5.34. The van der Waals surface area contributed by atoms with Crippen LogP contribution in [0.5, 0.6) is 0 Å². The predicted molar refractivity (Wildman–Crippen MR) is 77.4 cm³/mol. The number of nitrogens with one attached hydrogen (secondary N) is 2. The van der Waals surface area contributed by atoms with Crippen LogP contribution in [0.1, 0.15) is 24.8 Å². The van der Waals surface area contributed by atoms with Crippen molar-refractivity contribution in [1.82, 2.24) is 10.6 Å². The first kappa shape index (κ1) is 15.5. The molecule has 3 amide bonds. The number of carbonyl (C=O) groups is 2. The lowest BCUT2D eigenvalue weighted by atomic mass is 10.2. The molecule has 0 fully saturated rings. The van der Waals surface area contributed by atoms with Gasteiger partial charge in [0.1, 0.15) is 0 Å². The Kier molecular flexibility index (Phi) is 6.95. The van der Waals surface area contributed by atoms with Crippen molar-refractivity contribution < 1.29 is 9.59 Å². The topological polar surface area (TPSA) is 84.2 Å². The molecule has 1 rings (SSSR count). The Hall–Kier alpha value is -1.56. The highest BCUT2D eigenvalue weighted by atomic mass is 79.9. The van der Waals surface area contributed by atoms with E-state index in [0.717, 1.165) is 22.9 Å². The van der Waals surface area contributed by atoms with Crippen LogP contribution in [0.2, 0.25) is 0 Å². The molecule has 5 nitrogen and oxygen atoms in total. The third-order valence-electron chi connectivity index (χ3n) is 2.51. The Labute approximate surface area is 121 Å². The molecule has 104 valence electrons. The van der Waals surface area contributed by atoms with E-state index in [9.17, 15) is 9.59 Å². The van der Waals surface area contributed by atoms with Crippen LogP contribution in [-0.2, 0) is 11.3 Å². The molecule has 0 bridgehead atoms. The third kappa shape index (κ3) is 7.46. The minimum atomic E-state index is -0.529. The van der Waals surface area contributed by atoms with Crippen molar-refractivity contribution in [2.24, 2.45) is 5.73 Å². The van der Waals surface area contributed by atoms with Crippen molar-refractivity contribution in [3.05, 3.63) is 34.3 Å². The number of primary amides is 1. The van der Waals surface area contributed by atoms with E-state index in [2.05, 4.69) is 26.6 Å². The fraction of sp³-hybridized carbons (Fsp3) is 0.385. The molecule has 0 spiro atoms. The standard InChI is InChI=1S/C13H18BrN3O2/c14-11-5-3-4-10(8-11)9-17-12(18)6-1-2-7-16-13(15)19/h3-5,8H,1-2,6-7,9H2,(H,17,18)(H3,15,16,19). The molecule has 0 aliphatic rings. The number of amides is 3. The molecular formula is C13H18BrN3O2. The summed E-state index contributed by atoms with van der Waals surface area (Å²) in [6.07, 6.45) is 1.92. The van der Waals surface area contributed by atoms with Crippen molar-refractivity contribution in [3.63, 3.8) is 0 Å². The molecule has 19 heavy (non-hydrogen) atoms. The van der Waals surface area contributed by atoms with Gasteiger partial charge in [0.2, 0.25) is 5.91 Å². The number of nitrogens with two attached hydrogens (primary N) is 1. The van der Waals surface area contributed by atoms with Crippen molar-refractivity contribution in [2.75, 3.05) is 6.54 Å². The Morgan fingerprint density at radius 2 is 2.00 bits per heavy atom. The number of rotatable bonds is 7. The van der Waals surface area contributed by atoms with E-state index in [1.807, 2.05) is 24.3 Å².